The first kappa shape index (κ1) is 14.6. The van der Waals surface area contributed by atoms with Gasteiger partial charge >= 0.3 is 0 Å². The Bertz CT molecular complexity index is 775. The molecule has 0 aliphatic carbocycles. The van der Waals surface area contributed by atoms with Crippen molar-refractivity contribution in [3.63, 3.8) is 0 Å². The molecule has 6 nitrogen and oxygen atoms in total. The fourth-order valence-electron chi connectivity index (χ4n) is 3.45. The van der Waals surface area contributed by atoms with Crippen LogP contribution in [0.5, 0.6) is 0 Å². The van der Waals surface area contributed by atoms with E-state index < -0.39 is 0 Å². The lowest BCUT2D eigenvalue weighted by Crippen LogP contribution is -2.45. The maximum absolute atomic E-state index is 12.5. The van der Waals surface area contributed by atoms with Gasteiger partial charge in [0, 0.05) is 36.4 Å². The Morgan fingerprint density at radius 1 is 1.52 bits per heavy atom. The van der Waals surface area contributed by atoms with Crippen LogP contribution in [0.3, 0.4) is 0 Å². The molecule has 2 bridgehead atoms. The highest BCUT2D eigenvalue weighted by Crippen LogP contribution is 2.33. The Kier molecular flexibility index (Phi) is 3.54. The highest BCUT2D eigenvalue weighted by atomic mass is 32.1. The van der Waals surface area contributed by atoms with Gasteiger partial charge in [-0.15, -0.1) is 11.3 Å². The second-order valence-electron chi connectivity index (χ2n) is 6.28. The van der Waals surface area contributed by atoms with Gasteiger partial charge < -0.3 is 10.2 Å². The summed E-state index contributed by atoms with van der Waals surface area (Å²) in [5, 5.41) is 4.88. The van der Waals surface area contributed by atoms with E-state index in [1.54, 1.807) is 19.3 Å². The Morgan fingerprint density at radius 3 is 3.09 bits per heavy atom. The number of piperidine rings is 1. The third kappa shape index (κ3) is 2.60. The molecule has 0 spiro atoms. The second kappa shape index (κ2) is 5.58. The zero-order chi connectivity index (χ0) is 16.0. The van der Waals surface area contributed by atoms with Crippen LogP contribution in [0.25, 0.3) is 10.1 Å². The van der Waals surface area contributed by atoms with Crippen molar-refractivity contribution in [2.45, 2.75) is 19.0 Å². The molecule has 2 fully saturated rings. The van der Waals surface area contributed by atoms with Gasteiger partial charge in [-0.25, -0.2) is 0 Å². The Hall–Kier alpha value is -1.99. The average Bonchev–Trinajstić information content (AvgIpc) is 3.27. The first-order chi connectivity index (χ1) is 11.1. The summed E-state index contributed by atoms with van der Waals surface area (Å²) in [6, 6.07) is 3.71. The van der Waals surface area contributed by atoms with E-state index in [1.807, 2.05) is 6.07 Å². The molecule has 2 aromatic heterocycles. The molecule has 0 saturated carbocycles. The van der Waals surface area contributed by atoms with E-state index in [-0.39, 0.29) is 12.1 Å². The van der Waals surface area contributed by atoms with Gasteiger partial charge in [-0.3, -0.25) is 19.5 Å². The largest absolute Gasteiger partial charge is 0.335 e. The number of thiophene rings is 1. The van der Waals surface area contributed by atoms with Crippen molar-refractivity contribution in [3.05, 3.63) is 24.0 Å². The van der Waals surface area contributed by atoms with Gasteiger partial charge in [0.05, 0.1) is 11.2 Å². The number of rotatable bonds is 4. The van der Waals surface area contributed by atoms with Crippen LogP contribution in [0.4, 0.5) is 5.00 Å². The molecular formula is C16H18N4O2S. The number of pyridine rings is 1. The molecule has 3 atom stereocenters. The maximum atomic E-state index is 12.5. The standard InChI is InChI=1S/C16H18N4O2S/c1-19(9-21)15-5-11-7-17-12(6-13(11)23-15)16(22)18-14-4-10-2-3-20(14)8-10/h5-7,9-10,14H,2-4,8H2,1H3,(H,18,22). The number of aromatic nitrogens is 1. The maximum Gasteiger partial charge on any atom is 0.271 e. The lowest BCUT2D eigenvalue weighted by molar-refractivity contribution is -0.107. The molecule has 2 aromatic rings. The molecule has 4 heterocycles. The predicted octanol–water partition coefficient (Wildman–Crippen LogP) is 1.67. The first-order valence-electron chi connectivity index (χ1n) is 7.76. The minimum atomic E-state index is -0.122. The quantitative estimate of drug-likeness (QED) is 0.866. The molecule has 4 rings (SSSR count). The minimum absolute atomic E-state index is 0.122. The molecule has 7 heteroatoms. The summed E-state index contributed by atoms with van der Waals surface area (Å²) < 4.78 is 0.960. The SMILES string of the molecule is CN(C=O)c1cc2cnc(C(=O)NC3CC4CCN3C4)cc2s1. The fraction of sp³-hybridized carbons (Fsp3) is 0.438. The molecule has 23 heavy (non-hydrogen) atoms. The summed E-state index contributed by atoms with van der Waals surface area (Å²) in [6.45, 7) is 2.18. The van der Waals surface area contributed by atoms with E-state index in [9.17, 15) is 9.59 Å². The molecule has 120 valence electrons. The summed E-state index contributed by atoms with van der Waals surface area (Å²) in [4.78, 5) is 31.5. The topological polar surface area (TPSA) is 65.5 Å². The Labute approximate surface area is 138 Å². The van der Waals surface area contributed by atoms with Crippen LogP contribution < -0.4 is 10.2 Å². The van der Waals surface area contributed by atoms with Crippen LogP contribution in [0, 0.1) is 5.92 Å². The number of hydrogen-bond donors (Lipinski definition) is 1. The van der Waals surface area contributed by atoms with Gasteiger partial charge in [-0.05, 0) is 30.9 Å². The Balaban J connectivity index is 1.54. The first-order valence-corrected chi connectivity index (χ1v) is 8.58. The van der Waals surface area contributed by atoms with Crippen LogP contribution in [-0.2, 0) is 4.79 Å². The highest BCUT2D eigenvalue weighted by Gasteiger charge is 2.38. The number of fused-ring (bicyclic) bond motifs is 3. The molecule has 0 radical (unpaired) electrons. The molecule has 2 aliphatic heterocycles. The average molecular weight is 330 g/mol. The van der Waals surface area contributed by atoms with Crippen molar-refractivity contribution >= 4 is 38.7 Å². The van der Waals surface area contributed by atoms with Crippen molar-refractivity contribution in [2.75, 3.05) is 25.0 Å². The van der Waals surface area contributed by atoms with E-state index in [2.05, 4.69) is 15.2 Å². The van der Waals surface area contributed by atoms with E-state index >= 15 is 0 Å². The van der Waals surface area contributed by atoms with Crippen molar-refractivity contribution in [1.82, 2.24) is 15.2 Å². The molecule has 2 aliphatic rings. The molecule has 1 N–H and O–H groups in total. The van der Waals surface area contributed by atoms with Gasteiger partial charge in [-0.1, -0.05) is 0 Å². The lowest BCUT2D eigenvalue weighted by atomic mass is 10.0. The molecule has 0 aromatic carbocycles. The molecular weight excluding hydrogens is 312 g/mol. The van der Waals surface area contributed by atoms with Crippen LogP contribution >= 0.6 is 11.3 Å². The number of nitrogens with one attached hydrogen (secondary N) is 1. The minimum Gasteiger partial charge on any atom is -0.335 e. The third-order valence-corrected chi connectivity index (χ3v) is 5.93. The third-order valence-electron chi connectivity index (χ3n) is 4.74. The molecule has 2 saturated heterocycles. The highest BCUT2D eigenvalue weighted by molar-refractivity contribution is 7.23. The lowest BCUT2D eigenvalue weighted by Gasteiger charge is -2.25. The van der Waals surface area contributed by atoms with E-state index in [0.717, 1.165) is 46.9 Å². The summed E-state index contributed by atoms with van der Waals surface area (Å²) in [7, 11) is 1.71. The monoisotopic (exact) mass is 330 g/mol. The van der Waals surface area contributed by atoms with Crippen LogP contribution in [-0.4, -0.2) is 48.5 Å². The number of amides is 2. The number of carbonyl (C=O) groups excluding carboxylic acids is 2. The zero-order valence-corrected chi connectivity index (χ0v) is 13.7. The summed E-state index contributed by atoms with van der Waals surface area (Å²) >= 11 is 1.48. The van der Waals surface area contributed by atoms with Gasteiger partial charge in [0.1, 0.15) is 5.69 Å². The van der Waals surface area contributed by atoms with Gasteiger partial charge in [0.15, 0.2) is 0 Å². The van der Waals surface area contributed by atoms with E-state index in [4.69, 9.17) is 0 Å². The summed E-state index contributed by atoms with van der Waals surface area (Å²) in [6.07, 6.45) is 4.91. The van der Waals surface area contributed by atoms with Crippen LogP contribution in [0.2, 0.25) is 0 Å². The molecule has 2 amide bonds. The van der Waals surface area contributed by atoms with Gasteiger partial charge in [0.25, 0.3) is 5.91 Å². The number of hydrogen-bond acceptors (Lipinski definition) is 5. The number of nitrogens with zero attached hydrogens (tertiary/aromatic N) is 3. The van der Waals surface area contributed by atoms with E-state index in [1.165, 1.54) is 22.7 Å². The van der Waals surface area contributed by atoms with Gasteiger partial charge in [0.2, 0.25) is 6.41 Å². The van der Waals surface area contributed by atoms with Gasteiger partial charge in [-0.2, -0.15) is 0 Å². The zero-order valence-electron chi connectivity index (χ0n) is 12.9. The normalized spacial score (nSPS) is 25.7. The second-order valence-corrected chi connectivity index (χ2v) is 7.35. The van der Waals surface area contributed by atoms with Crippen LogP contribution in [0.15, 0.2) is 18.3 Å². The smallest absolute Gasteiger partial charge is 0.271 e. The summed E-state index contributed by atoms with van der Waals surface area (Å²) in [5.41, 5.74) is 0.434. The van der Waals surface area contributed by atoms with Crippen LogP contribution in [0.1, 0.15) is 23.3 Å². The van der Waals surface area contributed by atoms with E-state index in [0.29, 0.717) is 5.69 Å². The number of anilines is 1. The molecule has 3 unspecified atom stereocenters. The van der Waals surface area contributed by atoms with Crippen molar-refractivity contribution in [3.8, 4) is 0 Å². The fourth-order valence-corrected chi connectivity index (χ4v) is 4.45. The summed E-state index contributed by atoms with van der Waals surface area (Å²) in [5.74, 6) is 0.609. The number of carbonyl (C=O) groups is 2. The predicted molar refractivity (Wildman–Crippen MR) is 89.6 cm³/mol. The van der Waals surface area contributed by atoms with Crippen molar-refractivity contribution in [1.29, 1.82) is 0 Å². The Morgan fingerprint density at radius 2 is 2.39 bits per heavy atom. The van der Waals surface area contributed by atoms with Crippen molar-refractivity contribution in [2.24, 2.45) is 5.92 Å². The van der Waals surface area contributed by atoms with Crippen molar-refractivity contribution < 1.29 is 9.59 Å².